The number of anilines is 1. The molecule has 3 N–H and O–H groups in total. The van der Waals surface area contributed by atoms with Crippen LogP contribution in [0.3, 0.4) is 0 Å². The Morgan fingerprint density at radius 3 is 3.14 bits per heavy atom. The van der Waals surface area contributed by atoms with Crippen LogP contribution in [0, 0.1) is 5.92 Å². The zero-order chi connectivity index (χ0) is 9.97. The summed E-state index contributed by atoms with van der Waals surface area (Å²) in [7, 11) is 1.93. The van der Waals surface area contributed by atoms with Crippen LogP contribution in [-0.4, -0.2) is 22.4 Å². The van der Waals surface area contributed by atoms with Crippen molar-refractivity contribution in [2.24, 2.45) is 18.7 Å². The first kappa shape index (κ1) is 9.52. The van der Waals surface area contributed by atoms with Gasteiger partial charge in [0.25, 0.3) is 0 Å². The number of hydrogen-bond donors (Lipinski definition) is 2. The van der Waals surface area contributed by atoms with E-state index in [4.69, 9.17) is 5.73 Å². The van der Waals surface area contributed by atoms with Crippen molar-refractivity contribution in [1.29, 1.82) is 0 Å². The minimum absolute atomic E-state index is 0.523. The highest BCUT2D eigenvalue weighted by molar-refractivity contribution is 5.34. The summed E-state index contributed by atoms with van der Waals surface area (Å²) in [5.74, 6) is 1.59. The Kier molecular flexibility index (Phi) is 2.72. The second kappa shape index (κ2) is 4.00. The molecule has 0 radical (unpaired) electrons. The van der Waals surface area contributed by atoms with E-state index < -0.39 is 0 Å². The molecule has 2 unspecified atom stereocenters. The van der Waals surface area contributed by atoms with Gasteiger partial charge in [-0.3, -0.25) is 4.68 Å². The van der Waals surface area contributed by atoms with E-state index in [0.29, 0.717) is 12.0 Å². The number of nitrogens with one attached hydrogen (secondary N) is 1. The third-order valence-corrected chi connectivity index (χ3v) is 3.01. The fourth-order valence-corrected chi connectivity index (χ4v) is 2.19. The number of rotatable bonds is 3. The third kappa shape index (κ3) is 1.90. The molecule has 2 atom stereocenters. The first-order chi connectivity index (χ1) is 6.79. The molecule has 0 aliphatic heterocycles. The summed E-state index contributed by atoms with van der Waals surface area (Å²) >= 11 is 0. The first-order valence-corrected chi connectivity index (χ1v) is 5.26. The molecule has 0 aromatic carbocycles. The molecule has 78 valence electrons. The van der Waals surface area contributed by atoms with Gasteiger partial charge >= 0.3 is 0 Å². The predicted octanol–water partition coefficient (Wildman–Crippen LogP) is 0.959. The number of nitrogens with two attached hydrogens (primary N) is 1. The molecular formula is C10H18N4. The van der Waals surface area contributed by atoms with Crippen LogP contribution in [0.1, 0.15) is 19.3 Å². The van der Waals surface area contributed by atoms with Crippen LogP contribution in [0.4, 0.5) is 5.82 Å². The van der Waals surface area contributed by atoms with Crippen LogP contribution in [0.5, 0.6) is 0 Å². The Balaban J connectivity index is 1.96. The summed E-state index contributed by atoms with van der Waals surface area (Å²) in [6.45, 7) is 0.782. The molecule has 14 heavy (non-hydrogen) atoms. The van der Waals surface area contributed by atoms with E-state index in [9.17, 15) is 0 Å². The maximum Gasteiger partial charge on any atom is 0.148 e. The van der Waals surface area contributed by atoms with Crippen LogP contribution in [0.2, 0.25) is 0 Å². The van der Waals surface area contributed by atoms with Gasteiger partial charge in [-0.25, -0.2) is 0 Å². The lowest BCUT2D eigenvalue weighted by Crippen LogP contribution is -2.29. The fraction of sp³-hybridized carbons (Fsp3) is 0.700. The van der Waals surface area contributed by atoms with E-state index in [-0.39, 0.29) is 0 Å². The predicted molar refractivity (Wildman–Crippen MR) is 57.0 cm³/mol. The molecule has 0 bridgehead atoms. The van der Waals surface area contributed by atoms with Gasteiger partial charge in [-0.05, 0) is 25.3 Å². The summed E-state index contributed by atoms with van der Waals surface area (Å²) in [5.41, 5.74) is 5.72. The van der Waals surface area contributed by atoms with Gasteiger partial charge in [0.2, 0.25) is 0 Å². The number of aryl methyl sites for hydroxylation is 1. The van der Waals surface area contributed by atoms with E-state index >= 15 is 0 Å². The average Bonchev–Trinajstić information content (AvgIpc) is 2.76. The quantitative estimate of drug-likeness (QED) is 0.753. The van der Waals surface area contributed by atoms with Crippen LogP contribution >= 0.6 is 0 Å². The monoisotopic (exact) mass is 194 g/mol. The van der Waals surface area contributed by atoms with Gasteiger partial charge in [-0.1, -0.05) is 6.42 Å². The SMILES string of the molecule is Cn1ccc(NC2CCCC2CN)n1. The largest absolute Gasteiger partial charge is 0.366 e. The van der Waals surface area contributed by atoms with Gasteiger partial charge in [-0.2, -0.15) is 5.10 Å². The zero-order valence-corrected chi connectivity index (χ0v) is 8.61. The Labute approximate surface area is 84.5 Å². The van der Waals surface area contributed by atoms with Gasteiger partial charge in [-0.15, -0.1) is 0 Å². The number of nitrogens with zero attached hydrogens (tertiary/aromatic N) is 2. The minimum atomic E-state index is 0.523. The molecule has 0 saturated heterocycles. The molecule has 4 nitrogen and oxygen atoms in total. The molecular weight excluding hydrogens is 176 g/mol. The van der Waals surface area contributed by atoms with Crippen molar-refractivity contribution >= 4 is 5.82 Å². The summed E-state index contributed by atoms with van der Waals surface area (Å²) in [6.07, 6.45) is 5.71. The molecule has 0 spiro atoms. The molecule has 4 heteroatoms. The normalized spacial score (nSPS) is 26.7. The Morgan fingerprint density at radius 2 is 2.50 bits per heavy atom. The van der Waals surface area contributed by atoms with Gasteiger partial charge in [0.05, 0.1) is 0 Å². The molecule has 2 rings (SSSR count). The molecule has 1 aliphatic carbocycles. The molecule has 1 aromatic heterocycles. The van der Waals surface area contributed by atoms with Crippen LogP contribution in [0.25, 0.3) is 0 Å². The van der Waals surface area contributed by atoms with Gasteiger partial charge in [0.1, 0.15) is 5.82 Å². The Hall–Kier alpha value is -1.03. The number of aromatic nitrogens is 2. The van der Waals surface area contributed by atoms with E-state index in [2.05, 4.69) is 10.4 Å². The summed E-state index contributed by atoms with van der Waals surface area (Å²) in [4.78, 5) is 0. The standard InChI is InChI=1S/C10H18N4/c1-14-6-5-10(13-14)12-9-4-2-3-8(9)7-11/h5-6,8-9H,2-4,7,11H2,1H3,(H,12,13). The highest BCUT2D eigenvalue weighted by atomic mass is 15.3. The smallest absolute Gasteiger partial charge is 0.148 e. The molecule has 1 aromatic rings. The summed E-state index contributed by atoms with van der Waals surface area (Å²) < 4.78 is 1.81. The molecule has 1 fully saturated rings. The van der Waals surface area contributed by atoms with Gasteiger partial charge < -0.3 is 11.1 Å². The molecule has 0 amide bonds. The average molecular weight is 194 g/mol. The lowest BCUT2D eigenvalue weighted by Gasteiger charge is -2.18. The Morgan fingerprint density at radius 1 is 1.64 bits per heavy atom. The van der Waals surface area contributed by atoms with E-state index in [1.807, 2.05) is 24.0 Å². The van der Waals surface area contributed by atoms with Crippen molar-refractivity contribution in [3.63, 3.8) is 0 Å². The van der Waals surface area contributed by atoms with Crippen molar-refractivity contribution in [2.45, 2.75) is 25.3 Å². The van der Waals surface area contributed by atoms with Crippen LogP contribution in [0.15, 0.2) is 12.3 Å². The highest BCUT2D eigenvalue weighted by Gasteiger charge is 2.26. The second-order valence-electron chi connectivity index (χ2n) is 4.05. The first-order valence-electron chi connectivity index (χ1n) is 5.26. The van der Waals surface area contributed by atoms with Crippen molar-refractivity contribution in [3.05, 3.63) is 12.3 Å². The van der Waals surface area contributed by atoms with E-state index in [1.54, 1.807) is 0 Å². The number of hydrogen-bond acceptors (Lipinski definition) is 3. The fourth-order valence-electron chi connectivity index (χ4n) is 2.19. The maximum absolute atomic E-state index is 5.72. The van der Waals surface area contributed by atoms with Crippen LogP contribution < -0.4 is 11.1 Å². The van der Waals surface area contributed by atoms with Crippen molar-refractivity contribution in [3.8, 4) is 0 Å². The maximum atomic E-state index is 5.72. The van der Waals surface area contributed by atoms with Gasteiger partial charge in [0, 0.05) is 25.4 Å². The van der Waals surface area contributed by atoms with Crippen molar-refractivity contribution < 1.29 is 0 Å². The van der Waals surface area contributed by atoms with Gasteiger partial charge in [0.15, 0.2) is 0 Å². The van der Waals surface area contributed by atoms with Crippen molar-refractivity contribution in [2.75, 3.05) is 11.9 Å². The lowest BCUT2D eigenvalue weighted by molar-refractivity contribution is 0.515. The minimum Gasteiger partial charge on any atom is -0.366 e. The van der Waals surface area contributed by atoms with Crippen molar-refractivity contribution in [1.82, 2.24) is 9.78 Å². The van der Waals surface area contributed by atoms with E-state index in [1.165, 1.54) is 19.3 Å². The molecule has 1 heterocycles. The lowest BCUT2D eigenvalue weighted by atomic mass is 10.0. The van der Waals surface area contributed by atoms with Crippen LogP contribution in [-0.2, 0) is 7.05 Å². The third-order valence-electron chi connectivity index (χ3n) is 3.01. The summed E-state index contributed by atoms with van der Waals surface area (Å²) in [6, 6.07) is 2.53. The molecule has 1 aliphatic rings. The topological polar surface area (TPSA) is 55.9 Å². The summed E-state index contributed by atoms with van der Waals surface area (Å²) in [5, 5.41) is 7.76. The highest BCUT2D eigenvalue weighted by Crippen LogP contribution is 2.27. The zero-order valence-electron chi connectivity index (χ0n) is 8.61. The Bertz CT molecular complexity index is 294. The second-order valence-corrected chi connectivity index (χ2v) is 4.05. The van der Waals surface area contributed by atoms with E-state index in [0.717, 1.165) is 12.4 Å². The molecule has 1 saturated carbocycles.